The summed E-state index contributed by atoms with van der Waals surface area (Å²) in [4.78, 5) is 4.05. The first kappa shape index (κ1) is 8.61. The van der Waals surface area contributed by atoms with Gasteiger partial charge in [-0.15, -0.1) is 0 Å². The number of hydrogen-bond acceptors (Lipinski definition) is 4. The molecule has 2 N–H and O–H groups in total. The van der Waals surface area contributed by atoms with Crippen molar-refractivity contribution in [2.75, 3.05) is 0 Å². The van der Waals surface area contributed by atoms with Crippen molar-refractivity contribution >= 4 is 0 Å². The molecule has 0 radical (unpaired) electrons. The van der Waals surface area contributed by atoms with Crippen LogP contribution in [0.4, 0.5) is 0 Å². The molecule has 0 bridgehead atoms. The summed E-state index contributed by atoms with van der Waals surface area (Å²) in [6.45, 7) is 0. The molecule has 1 aliphatic rings. The first-order valence-corrected chi connectivity index (χ1v) is 4.90. The molecule has 1 heterocycles. The van der Waals surface area contributed by atoms with Crippen molar-refractivity contribution in [2.45, 2.75) is 18.4 Å². The topological polar surface area (TPSA) is 64.9 Å². The summed E-state index contributed by atoms with van der Waals surface area (Å²) in [6, 6.07) is 8.26. The second-order valence-electron chi connectivity index (χ2n) is 4.03. The first-order chi connectivity index (χ1) is 7.28. The molecule has 0 amide bonds. The number of aromatic nitrogens is 2. The molecule has 4 nitrogen and oxygen atoms in total. The van der Waals surface area contributed by atoms with Crippen LogP contribution in [0.3, 0.4) is 0 Å². The molecule has 1 aromatic carbocycles. The van der Waals surface area contributed by atoms with Gasteiger partial charge < -0.3 is 10.3 Å². The monoisotopic (exact) mass is 201 g/mol. The van der Waals surface area contributed by atoms with Crippen molar-refractivity contribution in [3.8, 4) is 0 Å². The summed E-state index contributed by atoms with van der Waals surface area (Å²) in [5, 5.41) is 3.84. The fraction of sp³-hybridized carbons (Fsp3) is 0.273. The third-order valence-corrected chi connectivity index (χ3v) is 2.94. The minimum absolute atomic E-state index is 0.489. The van der Waals surface area contributed by atoms with Crippen molar-refractivity contribution in [3.63, 3.8) is 0 Å². The van der Waals surface area contributed by atoms with Crippen molar-refractivity contribution in [1.29, 1.82) is 0 Å². The van der Waals surface area contributed by atoms with Crippen LogP contribution in [0, 0.1) is 0 Å². The van der Waals surface area contributed by atoms with Crippen LogP contribution in [0.25, 0.3) is 0 Å². The minimum Gasteiger partial charge on any atom is -0.343 e. The molecule has 15 heavy (non-hydrogen) atoms. The third-order valence-electron chi connectivity index (χ3n) is 2.94. The van der Waals surface area contributed by atoms with Gasteiger partial charge in [0, 0.05) is 0 Å². The van der Waals surface area contributed by atoms with Gasteiger partial charge in [0.05, 0.1) is 5.54 Å². The summed E-state index contributed by atoms with van der Waals surface area (Å²) in [5.41, 5.74) is 8.37. The molecule has 3 rings (SSSR count). The first-order valence-electron chi connectivity index (χ1n) is 4.90. The van der Waals surface area contributed by atoms with E-state index >= 15 is 0 Å². The highest BCUT2D eigenvalue weighted by atomic mass is 16.5. The smallest absolute Gasteiger partial charge is 0.213 e. The Bertz CT molecular complexity index is 453. The average molecular weight is 201 g/mol. The molecule has 0 atom stereocenters. The minimum atomic E-state index is -0.489. The van der Waals surface area contributed by atoms with Crippen LogP contribution in [0.15, 0.2) is 35.2 Å². The SMILES string of the molecule is NC1(c2ncon2)Cc2ccccc2C1. The Kier molecular flexibility index (Phi) is 1.67. The van der Waals surface area contributed by atoms with E-state index < -0.39 is 5.54 Å². The van der Waals surface area contributed by atoms with Crippen LogP contribution >= 0.6 is 0 Å². The number of nitrogens with zero attached hydrogens (tertiary/aromatic N) is 2. The van der Waals surface area contributed by atoms with Crippen molar-refractivity contribution in [2.24, 2.45) is 5.73 Å². The maximum Gasteiger partial charge on any atom is 0.213 e. The fourth-order valence-electron chi connectivity index (χ4n) is 2.19. The molecular formula is C11H11N3O. The largest absolute Gasteiger partial charge is 0.343 e. The van der Waals surface area contributed by atoms with Crippen LogP contribution in [0.2, 0.25) is 0 Å². The Labute approximate surface area is 87.1 Å². The number of fused-ring (bicyclic) bond motifs is 1. The molecule has 2 aromatic rings. The van der Waals surface area contributed by atoms with Crippen LogP contribution < -0.4 is 5.73 Å². The lowest BCUT2D eigenvalue weighted by Gasteiger charge is -2.18. The second-order valence-corrected chi connectivity index (χ2v) is 4.03. The van der Waals surface area contributed by atoms with Crippen molar-refractivity contribution in [1.82, 2.24) is 10.1 Å². The summed E-state index contributed by atoms with van der Waals surface area (Å²) in [7, 11) is 0. The Balaban J connectivity index is 2.01. The molecule has 4 heteroatoms. The highest BCUT2D eigenvalue weighted by Crippen LogP contribution is 2.33. The fourth-order valence-corrected chi connectivity index (χ4v) is 2.19. The van der Waals surface area contributed by atoms with Crippen LogP contribution in [-0.4, -0.2) is 10.1 Å². The van der Waals surface area contributed by atoms with E-state index in [1.165, 1.54) is 17.5 Å². The van der Waals surface area contributed by atoms with Crippen molar-refractivity contribution in [3.05, 3.63) is 47.6 Å². The Hall–Kier alpha value is -1.68. The predicted molar refractivity (Wildman–Crippen MR) is 54.0 cm³/mol. The standard InChI is InChI=1S/C11H11N3O/c12-11(10-13-7-15-14-10)5-8-3-1-2-4-9(8)6-11/h1-4,7H,5-6,12H2. The van der Waals surface area contributed by atoms with Crippen LogP contribution in [0.5, 0.6) is 0 Å². The Morgan fingerprint density at radius 3 is 2.40 bits per heavy atom. The highest BCUT2D eigenvalue weighted by molar-refractivity contribution is 5.37. The normalized spacial score (nSPS) is 17.7. The Morgan fingerprint density at radius 2 is 1.87 bits per heavy atom. The van der Waals surface area contributed by atoms with Gasteiger partial charge in [-0.2, -0.15) is 4.98 Å². The van der Waals surface area contributed by atoms with Gasteiger partial charge >= 0.3 is 0 Å². The molecule has 1 aromatic heterocycles. The van der Waals surface area contributed by atoms with E-state index in [4.69, 9.17) is 10.3 Å². The molecule has 0 saturated carbocycles. The average Bonchev–Trinajstić information content (AvgIpc) is 2.83. The number of rotatable bonds is 1. The van der Waals surface area contributed by atoms with Gasteiger partial charge in [-0.05, 0) is 24.0 Å². The van der Waals surface area contributed by atoms with Gasteiger partial charge in [0.2, 0.25) is 6.39 Å². The third kappa shape index (κ3) is 1.26. The summed E-state index contributed by atoms with van der Waals surface area (Å²) in [5.74, 6) is 0.596. The Morgan fingerprint density at radius 1 is 1.20 bits per heavy atom. The van der Waals surface area contributed by atoms with Gasteiger partial charge in [-0.3, -0.25) is 0 Å². The van der Waals surface area contributed by atoms with Gasteiger partial charge in [-0.1, -0.05) is 29.4 Å². The number of benzene rings is 1. The molecule has 0 aliphatic heterocycles. The molecule has 0 unspecified atom stereocenters. The number of hydrogen-bond donors (Lipinski definition) is 1. The second kappa shape index (κ2) is 2.90. The molecule has 0 spiro atoms. The zero-order chi connectivity index (χ0) is 10.3. The lowest BCUT2D eigenvalue weighted by Crippen LogP contribution is -2.38. The van der Waals surface area contributed by atoms with E-state index in [0.717, 1.165) is 12.8 Å². The van der Waals surface area contributed by atoms with E-state index in [9.17, 15) is 0 Å². The summed E-state index contributed by atoms with van der Waals surface area (Å²) >= 11 is 0. The van der Waals surface area contributed by atoms with E-state index in [0.29, 0.717) is 5.82 Å². The molecular weight excluding hydrogens is 190 g/mol. The molecule has 0 saturated heterocycles. The maximum atomic E-state index is 6.29. The lowest BCUT2D eigenvalue weighted by atomic mass is 9.96. The lowest BCUT2D eigenvalue weighted by molar-refractivity contribution is 0.371. The maximum absolute atomic E-state index is 6.29. The van der Waals surface area contributed by atoms with Gasteiger partial charge in [-0.25, -0.2) is 0 Å². The van der Waals surface area contributed by atoms with E-state index in [2.05, 4.69) is 22.3 Å². The van der Waals surface area contributed by atoms with E-state index in [-0.39, 0.29) is 0 Å². The van der Waals surface area contributed by atoms with Crippen LogP contribution in [0.1, 0.15) is 17.0 Å². The zero-order valence-electron chi connectivity index (χ0n) is 8.18. The summed E-state index contributed by atoms with van der Waals surface area (Å²) < 4.78 is 4.75. The summed E-state index contributed by atoms with van der Waals surface area (Å²) in [6.07, 6.45) is 2.89. The van der Waals surface area contributed by atoms with Gasteiger partial charge in [0.1, 0.15) is 0 Å². The van der Waals surface area contributed by atoms with E-state index in [1.807, 2.05) is 12.1 Å². The number of nitrogens with two attached hydrogens (primary N) is 1. The predicted octanol–water partition coefficient (Wildman–Crippen LogP) is 1.02. The molecule has 1 aliphatic carbocycles. The van der Waals surface area contributed by atoms with E-state index in [1.54, 1.807) is 0 Å². The zero-order valence-corrected chi connectivity index (χ0v) is 8.18. The van der Waals surface area contributed by atoms with Gasteiger partial charge in [0.15, 0.2) is 5.82 Å². The highest BCUT2D eigenvalue weighted by Gasteiger charge is 2.38. The van der Waals surface area contributed by atoms with Crippen molar-refractivity contribution < 1.29 is 4.52 Å². The van der Waals surface area contributed by atoms with Crippen LogP contribution in [-0.2, 0) is 18.4 Å². The molecule has 76 valence electrons. The quantitative estimate of drug-likeness (QED) is 0.748. The molecule has 0 fully saturated rings. The van der Waals surface area contributed by atoms with Gasteiger partial charge in [0.25, 0.3) is 0 Å².